The van der Waals surface area contributed by atoms with Crippen molar-refractivity contribution in [3.05, 3.63) is 0 Å². The van der Waals surface area contributed by atoms with Crippen LogP contribution in [0.5, 0.6) is 0 Å². The Morgan fingerprint density at radius 1 is 0.429 bits per heavy atom. The first-order valence-corrected chi connectivity index (χ1v) is 25.3. The highest BCUT2D eigenvalue weighted by molar-refractivity contribution is 5.76. The molecule has 0 saturated heterocycles. The summed E-state index contributed by atoms with van der Waals surface area (Å²) in [6.45, 7) is 4.93. The summed E-state index contributed by atoms with van der Waals surface area (Å²) in [4.78, 5) is 24.4. The van der Waals surface area contributed by atoms with Crippen LogP contribution < -0.4 is 5.32 Å². The van der Waals surface area contributed by atoms with Crippen molar-refractivity contribution in [2.45, 2.75) is 296 Å². The molecule has 6 nitrogen and oxygen atoms in total. The molecule has 0 spiro atoms. The Morgan fingerprint density at radius 3 is 1.09 bits per heavy atom. The van der Waals surface area contributed by atoms with Crippen LogP contribution in [0.4, 0.5) is 0 Å². The van der Waals surface area contributed by atoms with Crippen molar-refractivity contribution >= 4 is 11.9 Å². The number of amides is 1. The molecule has 0 saturated carbocycles. The summed E-state index contributed by atoms with van der Waals surface area (Å²) < 4.78 is 5.45. The van der Waals surface area contributed by atoms with Crippen LogP contribution >= 0.6 is 0 Å². The van der Waals surface area contributed by atoms with E-state index >= 15 is 0 Å². The number of carbonyl (C=O) groups excluding carboxylic acids is 2. The van der Waals surface area contributed by atoms with Crippen molar-refractivity contribution in [2.75, 3.05) is 13.2 Å². The molecule has 0 bridgehead atoms. The summed E-state index contributed by atoms with van der Waals surface area (Å²) in [7, 11) is 0. The van der Waals surface area contributed by atoms with Crippen molar-refractivity contribution < 1.29 is 24.5 Å². The molecule has 0 aliphatic heterocycles. The van der Waals surface area contributed by atoms with Gasteiger partial charge in [-0.25, -0.2) is 0 Å². The van der Waals surface area contributed by atoms with Gasteiger partial charge in [-0.15, -0.1) is 0 Å². The number of hydrogen-bond acceptors (Lipinski definition) is 5. The molecule has 56 heavy (non-hydrogen) atoms. The van der Waals surface area contributed by atoms with Crippen molar-refractivity contribution in [1.29, 1.82) is 0 Å². The largest absolute Gasteiger partial charge is 0.466 e. The van der Waals surface area contributed by atoms with Crippen molar-refractivity contribution in [2.24, 2.45) is 0 Å². The van der Waals surface area contributed by atoms with Crippen LogP contribution in [-0.2, 0) is 14.3 Å². The van der Waals surface area contributed by atoms with Gasteiger partial charge in [-0.3, -0.25) is 9.59 Å². The minimum atomic E-state index is -0.667. The van der Waals surface area contributed by atoms with Gasteiger partial charge in [-0.2, -0.15) is 0 Å². The molecule has 2 unspecified atom stereocenters. The van der Waals surface area contributed by atoms with Gasteiger partial charge in [0.1, 0.15) is 0 Å². The third-order valence-electron chi connectivity index (χ3n) is 11.9. The number of aliphatic hydroxyl groups excluding tert-OH is 2. The summed E-state index contributed by atoms with van der Waals surface area (Å²) >= 11 is 0. The first-order valence-electron chi connectivity index (χ1n) is 25.3. The van der Waals surface area contributed by atoms with E-state index in [-0.39, 0.29) is 18.5 Å². The molecule has 0 aromatic heterocycles. The predicted octanol–water partition coefficient (Wildman–Crippen LogP) is 14.8. The van der Waals surface area contributed by atoms with Crippen LogP contribution in [0.15, 0.2) is 0 Å². The first kappa shape index (κ1) is 54.9. The molecule has 6 heteroatoms. The summed E-state index contributed by atoms with van der Waals surface area (Å²) in [5.41, 5.74) is 0. The number of carbonyl (C=O) groups is 2. The topological polar surface area (TPSA) is 95.9 Å². The van der Waals surface area contributed by atoms with Crippen LogP contribution in [0.1, 0.15) is 284 Å². The van der Waals surface area contributed by atoms with Crippen LogP contribution in [0.25, 0.3) is 0 Å². The fourth-order valence-electron chi connectivity index (χ4n) is 7.99. The van der Waals surface area contributed by atoms with Crippen molar-refractivity contribution in [3.8, 4) is 0 Å². The van der Waals surface area contributed by atoms with Gasteiger partial charge in [-0.05, 0) is 25.7 Å². The molecular weight excluding hydrogens is 695 g/mol. The van der Waals surface area contributed by atoms with Gasteiger partial charge in [-0.1, -0.05) is 245 Å². The van der Waals surface area contributed by atoms with Crippen LogP contribution in [0, 0.1) is 0 Å². The molecule has 2 atom stereocenters. The fourth-order valence-corrected chi connectivity index (χ4v) is 7.99. The molecule has 0 rings (SSSR count). The van der Waals surface area contributed by atoms with Gasteiger partial charge in [0.15, 0.2) is 0 Å². The second kappa shape index (κ2) is 46.5. The lowest BCUT2D eigenvalue weighted by Crippen LogP contribution is -2.45. The Kier molecular flexibility index (Phi) is 45.6. The monoisotopic (exact) mass is 794 g/mol. The maximum atomic E-state index is 12.4. The summed E-state index contributed by atoms with van der Waals surface area (Å²) in [6, 6.07) is -0.545. The van der Waals surface area contributed by atoms with E-state index in [4.69, 9.17) is 4.74 Å². The quantitative estimate of drug-likeness (QED) is 0.0421. The van der Waals surface area contributed by atoms with E-state index < -0.39 is 12.1 Å². The van der Waals surface area contributed by atoms with Crippen LogP contribution in [-0.4, -0.2) is 47.4 Å². The number of aliphatic hydroxyl groups is 2. The Hall–Kier alpha value is -1.14. The molecule has 334 valence electrons. The molecule has 0 aliphatic rings. The lowest BCUT2D eigenvalue weighted by molar-refractivity contribution is -0.143. The van der Waals surface area contributed by atoms with E-state index in [1.165, 1.54) is 205 Å². The Labute approximate surface area is 349 Å². The van der Waals surface area contributed by atoms with Crippen LogP contribution in [0.2, 0.25) is 0 Å². The second-order valence-corrected chi connectivity index (χ2v) is 17.5. The third-order valence-corrected chi connectivity index (χ3v) is 11.9. The van der Waals surface area contributed by atoms with Gasteiger partial charge in [0.05, 0.1) is 25.4 Å². The smallest absolute Gasteiger partial charge is 0.305 e. The average molecular weight is 794 g/mol. The molecule has 0 aromatic carbocycles. The van der Waals surface area contributed by atoms with Crippen molar-refractivity contribution in [3.63, 3.8) is 0 Å². The Bertz CT molecular complexity index is 791. The van der Waals surface area contributed by atoms with Gasteiger partial charge in [0, 0.05) is 12.8 Å². The maximum Gasteiger partial charge on any atom is 0.305 e. The molecule has 1 amide bonds. The lowest BCUT2D eigenvalue weighted by atomic mass is 10.0. The van der Waals surface area contributed by atoms with Gasteiger partial charge < -0.3 is 20.3 Å². The zero-order valence-corrected chi connectivity index (χ0v) is 37.9. The predicted molar refractivity (Wildman–Crippen MR) is 241 cm³/mol. The maximum absolute atomic E-state index is 12.4. The minimum Gasteiger partial charge on any atom is -0.466 e. The summed E-state index contributed by atoms with van der Waals surface area (Å²) in [5, 5.41) is 23.2. The normalized spacial score (nSPS) is 12.6. The molecule has 3 N–H and O–H groups in total. The zero-order chi connectivity index (χ0) is 40.8. The Morgan fingerprint density at radius 2 is 0.732 bits per heavy atom. The molecule has 0 aliphatic carbocycles. The highest BCUT2D eigenvalue weighted by atomic mass is 16.5. The molecule has 0 aromatic rings. The number of rotatable bonds is 47. The second-order valence-electron chi connectivity index (χ2n) is 17.5. The molecular formula is C50H99NO5. The standard InChI is InChI=1S/C50H99NO5/c1-3-5-7-9-11-13-15-22-26-30-34-38-42-48(53)47(46-52)51-49(54)43-39-35-31-27-23-20-18-17-19-21-25-29-33-37-41-45-56-50(55)44-40-36-32-28-24-16-14-12-10-8-6-4-2/h47-48,52-53H,3-46H2,1-2H3,(H,51,54). The van der Waals surface area contributed by atoms with Gasteiger partial charge in [0.25, 0.3) is 0 Å². The Balaban J connectivity index is 3.41. The number of ether oxygens (including phenoxy) is 1. The number of unbranched alkanes of at least 4 members (excludes halogenated alkanes) is 36. The fraction of sp³-hybridized carbons (Fsp3) is 0.960. The third kappa shape index (κ3) is 42.5. The molecule has 0 radical (unpaired) electrons. The first-order chi connectivity index (χ1) is 27.5. The van der Waals surface area contributed by atoms with E-state index in [0.717, 1.165) is 44.9 Å². The van der Waals surface area contributed by atoms with E-state index in [0.29, 0.717) is 25.9 Å². The van der Waals surface area contributed by atoms with E-state index in [1.54, 1.807) is 0 Å². The van der Waals surface area contributed by atoms with E-state index in [1.807, 2.05) is 0 Å². The minimum absolute atomic E-state index is 0.00168. The van der Waals surface area contributed by atoms with E-state index in [9.17, 15) is 19.8 Å². The highest BCUT2D eigenvalue weighted by Gasteiger charge is 2.20. The number of hydrogen-bond donors (Lipinski definition) is 3. The average Bonchev–Trinajstić information content (AvgIpc) is 3.20. The molecule has 0 fully saturated rings. The van der Waals surface area contributed by atoms with Gasteiger partial charge >= 0.3 is 5.97 Å². The number of nitrogens with one attached hydrogen (secondary N) is 1. The van der Waals surface area contributed by atoms with E-state index in [2.05, 4.69) is 19.2 Å². The zero-order valence-electron chi connectivity index (χ0n) is 37.9. The SMILES string of the molecule is CCCCCCCCCCCCCCC(=O)OCCCCCCCCCCCCCCCCCC(=O)NC(CO)C(O)CCCCCCCCCCCCCC. The molecule has 0 heterocycles. The number of esters is 1. The summed E-state index contributed by atoms with van der Waals surface area (Å²) in [5.74, 6) is -0.0412. The lowest BCUT2D eigenvalue weighted by Gasteiger charge is -2.22. The van der Waals surface area contributed by atoms with Crippen molar-refractivity contribution in [1.82, 2.24) is 5.32 Å². The van der Waals surface area contributed by atoms with Crippen LogP contribution in [0.3, 0.4) is 0 Å². The van der Waals surface area contributed by atoms with Gasteiger partial charge in [0.2, 0.25) is 5.91 Å². The highest BCUT2D eigenvalue weighted by Crippen LogP contribution is 2.17. The summed E-state index contributed by atoms with van der Waals surface area (Å²) in [6.07, 6.45) is 50.6.